The molecule has 29 heavy (non-hydrogen) atoms. The summed E-state index contributed by atoms with van der Waals surface area (Å²) in [4.78, 5) is 16.4. The third-order valence-corrected chi connectivity index (χ3v) is 6.00. The first-order valence-electron chi connectivity index (χ1n) is 9.69. The SMILES string of the molecule is O=C(C(NC(c1ccc(F)cc1)c1cccs1)c1ccccc1)N1CCOCC1. The van der Waals surface area contributed by atoms with Gasteiger partial charge in [0.15, 0.2) is 0 Å². The molecule has 1 fully saturated rings. The Labute approximate surface area is 173 Å². The van der Waals surface area contributed by atoms with Crippen LogP contribution in [0.2, 0.25) is 0 Å². The van der Waals surface area contributed by atoms with Gasteiger partial charge < -0.3 is 9.64 Å². The quantitative estimate of drug-likeness (QED) is 0.663. The lowest BCUT2D eigenvalue weighted by Crippen LogP contribution is -2.47. The van der Waals surface area contributed by atoms with E-state index in [0.29, 0.717) is 26.3 Å². The van der Waals surface area contributed by atoms with E-state index in [2.05, 4.69) is 5.32 Å². The summed E-state index contributed by atoms with van der Waals surface area (Å²) in [5.41, 5.74) is 1.83. The first-order chi connectivity index (χ1) is 14.2. The van der Waals surface area contributed by atoms with Crippen LogP contribution in [0.4, 0.5) is 4.39 Å². The average molecular weight is 411 g/mol. The van der Waals surface area contributed by atoms with E-state index in [1.807, 2.05) is 52.7 Å². The van der Waals surface area contributed by atoms with Crippen molar-refractivity contribution in [2.45, 2.75) is 12.1 Å². The molecule has 2 unspecified atom stereocenters. The molecule has 1 N–H and O–H groups in total. The Morgan fingerprint density at radius 2 is 1.69 bits per heavy atom. The van der Waals surface area contributed by atoms with Gasteiger partial charge in [-0.2, -0.15) is 0 Å². The van der Waals surface area contributed by atoms with E-state index in [-0.39, 0.29) is 17.8 Å². The summed E-state index contributed by atoms with van der Waals surface area (Å²) in [6, 6.07) is 19.5. The van der Waals surface area contributed by atoms with Crippen molar-refractivity contribution in [1.82, 2.24) is 10.2 Å². The highest BCUT2D eigenvalue weighted by atomic mass is 32.1. The topological polar surface area (TPSA) is 41.6 Å². The molecule has 3 aromatic rings. The van der Waals surface area contributed by atoms with E-state index in [1.165, 1.54) is 12.1 Å². The molecule has 6 heteroatoms. The van der Waals surface area contributed by atoms with Crippen LogP contribution in [-0.4, -0.2) is 37.1 Å². The molecule has 2 aromatic carbocycles. The number of benzene rings is 2. The summed E-state index contributed by atoms with van der Waals surface area (Å²) >= 11 is 1.61. The van der Waals surface area contributed by atoms with Crippen LogP contribution in [0.5, 0.6) is 0 Å². The minimum absolute atomic E-state index is 0.0307. The Balaban J connectivity index is 1.68. The van der Waals surface area contributed by atoms with E-state index < -0.39 is 6.04 Å². The van der Waals surface area contributed by atoms with Crippen molar-refractivity contribution in [3.63, 3.8) is 0 Å². The number of rotatable bonds is 6. The van der Waals surface area contributed by atoms with Crippen LogP contribution >= 0.6 is 11.3 Å². The highest BCUT2D eigenvalue weighted by molar-refractivity contribution is 7.10. The molecule has 4 nitrogen and oxygen atoms in total. The maximum Gasteiger partial charge on any atom is 0.244 e. The molecule has 150 valence electrons. The predicted octanol–water partition coefficient (Wildman–Crippen LogP) is 4.17. The monoisotopic (exact) mass is 410 g/mol. The van der Waals surface area contributed by atoms with Crippen LogP contribution in [-0.2, 0) is 9.53 Å². The number of hydrogen-bond donors (Lipinski definition) is 1. The van der Waals surface area contributed by atoms with Crippen LogP contribution < -0.4 is 5.32 Å². The second-order valence-electron chi connectivity index (χ2n) is 6.95. The lowest BCUT2D eigenvalue weighted by Gasteiger charge is -2.33. The van der Waals surface area contributed by atoms with E-state index >= 15 is 0 Å². The van der Waals surface area contributed by atoms with Gasteiger partial charge in [0.25, 0.3) is 0 Å². The van der Waals surface area contributed by atoms with E-state index in [0.717, 1.165) is 16.0 Å². The normalized spacial score (nSPS) is 16.4. The Bertz CT molecular complexity index is 910. The minimum Gasteiger partial charge on any atom is -0.378 e. The van der Waals surface area contributed by atoms with Crippen molar-refractivity contribution in [2.75, 3.05) is 26.3 Å². The van der Waals surface area contributed by atoms with Gasteiger partial charge in [0.1, 0.15) is 11.9 Å². The third-order valence-electron chi connectivity index (χ3n) is 5.07. The summed E-state index contributed by atoms with van der Waals surface area (Å²) in [5.74, 6) is -0.245. The van der Waals surface area contributed by atoms with Crippen LogP contribution in [0.25, 0.3) is 0 Å². The van der Waals surface area contributed by atoms with Crippen molar-refractivity contribution in [1.29, 1.82) is 0 Å². The first-order valence-corrected chi connectivity index (χ1v) is 10.6. The number of nitrogens with one attached hydrogen (secondary N) is 1. The van der Waals surface area contributed by atoms with Gasteiger partial charge in [-0.1, -0.05) is 48.5 Å². The van der Waals surface area contributed by atoms with Crippen LogP contribution in [0.15, 0.2) is 72.1 Å². The van der Waals surface area contributed by atoms with Gasteiger partial charge in [-0.25, -0.2) is 4.39 Å². The highest BCUT2D eigenvalue weighted by Gasteiger charge is 2.30. The van der Waals surface area contributed by atoms with Crippen LogP contribution in [0.1, 0.15) is 28.1 Å². The summed E-state index contributed by atoms with van der Waals surface area (Å²) in [7, 11) is 0. The molecular weight excluding hydrogens is 387 g/mol. The van der Waals surface area contributed by atoms with Crippen molar-refractivity contribution in [2.24, 2.45) is 0 Å². The molecule has 2 heterocycles. The molecule has 4 rings (SSSR count). The van der Waals surface area contributed by atoms with Gasteiger partial charge >= 0.3 is 0 Å². The standard InChI is InChI=1S/C23H23FN2O2S/c24-19-10-8-18(9-11-19)21(20-7-4-16-29-20)25-22(17-5-2-1-3-6-17)23(27)26-12-14-28-15-13-26/h1-11,16,21-22,25H,12-15H2. The van der Waals surface area contributed by atoms with Gasteiger partial charge in [0, 0.05) is 18.0 Å². The summed E-state index contributed by atoms with van der Waals surface area (Å²) in [6.07, 6.45) is 0. The van der Waals surface area contributed by atoms with Gasteiger partial charge in [-0.3, -0.25) is 10.1 Å². The largest absolute Gasteiger partial charge is 0.378 e. The third kappa shape index (κ3) is 4.72. The predicted molar refractivity (Wildman–Crippen MR) is 112 cm³/mol. The van der Waals surface area contributed by atoms with Crippen molar-refractivity contribution in [3.05, 3.63) is 93.9 Å². The van der Waals surface area contributed by atoms with Gasteiger partial charge in [0.2, 0.25) is 5.91 Å². The Morgan fingerprint density at radius 1 is 0.966 bits per heavy atom. The van der Waals surface area contributed by atoms with E-state index in [4.69, 9.17) is 4.74 Å². The Hall–Kier alpha value is -2.54. The smallest absolute Gasteiger partial charge is 0.244 e. The summed E-state index contributed by atoms with van der Waals surface area (Å²) in [5, 5.41) is 5.57. The number of amides is 1. The number of hydrogen-bond acceptors (Lipinski definition) is 4. The summed E-state index contributed by atoms with van der Waals surface area (Å²) in [6.45, 7) is 2.28. The van der Waals surface area contributed by atoms with Crippen molar-refractivity contribution >= 4 is 17.2 Å². The molecule has 1 aliphatic heterocycles. The molecule has 2 atom stereocenters. The fraction of sp³-hybridized carbons (Fsp3) is 0.261. The molecule has 1 amide bonds. The zero-order chi connectivity index (χ0) is 20.1. The van der Waals surface area contributed by atoms with Gasteiger partial charge in [-0.15, -0.1) is 11.3 Å². The second-order valence-corrected chi connectivity index (χ2v) is 7.93. The molecule has 0 spiro atoms. The van der Waals surface area contributed by atoms with Crippen LogP contribution in [0, 0.1) is 5.82 Å². The Kier molecular flexibility index (Phi) is 6.34. The van der Waals surface area contributed by atoms with Crippen molar-refractivity contribution in [3.8, 4) is 0 Å². The maximum absolute atomic E-state index is 13.5. The van der Waals surface area contributed by atoms with E-state index in [1.54, 1.807) is 23.5 Å². The van der Waals surface area contributed by atoms with E-state index in [9.17, 15) is 9.18 Å². The minimum atomic E-state index is -0.508. The maximum atomic E-state index is 13.5. The molecule has 0 aliphatic carbocycles. The zero-order valence-electron chi connectivity index (χ0n) is 16.0. The summed E-state index contributed by atoms with van der Waals surface area (Å²) < 4.78 is 18.9. The number of carbonyl (C=O) groups is 1. The fourth-order valence-corrected chi connectivity index (χ4v) is 4.35. The van der Waals surface area contributed by atoms with Crippen LogP contribution in [0.3, 0.4) is 0 Å². The average Bonchev–Trinajstić information content (AvgIpc) is 3.31. The molecule has 0 saturated carbocycles. The molecule has 1 saturated heterocycles. The van der Waals surface area contributed by atoms with Gasteiger partial charge in [-0.05, 0) is 34.7 Å². The Morgan fingerprint density at radius 3 is 2.34 bits per heavy atom. The van der Waals surface area contributed by atoms with Gasteiger partial charge in [0.05, 0.1) is 19.3 Å². The first kappa shape index (κ1) is 19.8. The lowest BCUT2D eigenvalue weighted by atomic mass is 10.00. The lowest BCUT2D eigenvalue weighted by molar-refractivity contribution is -0.137. The fourth-order valence-electron chi connectivity index (χ4n) is 3.54. The zero-order valence-corrected chi connectivity index (χ0v) is 16.8. The number of ether oxygens (including phenoxy) is 1. The number of nitrogens with zero attached hydrogens (tertiary/aromatic N) is 1. The number of carbonyl (C=O) groups excluding carboxylic acids is 1. The molecule has 0 radical (unpaired) electrons. The van der Waals surface area contributed by atoms with Crippen molar-refractivity contribution < 1.29 is 13.9 Å². The highest BCUT2D eigenvalue weighted by Crippen LogP contribution is 2.30. The number of halogens is 1. The number of morpholine rings is 1. The second kappa shape index (κ2) is 9.31. The molecule has 0 bridgehead atoms. The molecular formula is C23H23FN2O2S. The molecule has 1 aromatic heterocycles. The molecule has 1 aliphatic rings. The number of thiophene rings is 1.